The average molecular weight is 333 g/mol. The lowest BCUT2D eigenvalue weighted by atomic mass is 10.1. The number of halogens is 5. The zero-order valence-electron chi connectivity index (χ0n) is 6.83. The van der Waals surface area contributed by atoms with Crippen LogP contribution in [0.25, 0.3) is 0 Å². The Morgan fingerprint density at radius 2 is 1.86 bits per heavy atom. The Labute approximate surface area is 95.7 Å². The van der Waals surface area contributed by atoms with Crippen LogP contribution in [0.15, 0.2) is 16.6 Å². The average Bonchev–Trinajstić information content (AvgIpc) is 2.02. The number of nitrogens with two attached hydrogens (primary N) is 1. The molecular weight excluding hydrogens is 327 g/mol. The van der Waals surface area contributed by atoms with Crippen molar-refractivity contribution in [3.05, 3.63) is 27.7 Å². The zero-order valence-corrected chi connectivity index (χ0v) is 10.0. The van der Waals surface area contributed by atoms with Crippen LogP contribution in [0.4, 0.5) is 18.9 Å². The van der Waals surface area contributed by atoms with E-state index in [4.69, 9.17) is 5.73 Å². The number of nitrogen functional groups attached to an aromatic ring is 1. The smallest absolute Gasteiger partial charge is 0.398 e. The predicted octanol–water partition coefficient (Wildman–Crippen LogP) is 3.95. The van der Waals surface area contributed by atoms with Crippen molar-refractivity contribution in [3.63, 3.8) is 0 Å². The summed E-state index contributed by atoms with van der Waals surface area (Å²) in [6.45, 7) is 0. The summed E-state index contributed by atoms with van der Waals surface area (Å²) in [4.78, 5) is 0. The fraction of sp³-hybridized carbons (Fsp3) is 0.250. The van der Waals surface area contributed by atoms with Gasteiger partial charge >= 0.3 is 6.18 Å². The molecule has 0 aliphatic rings. The monoisotopic (exact) mass is 331 g/mol. The second-order valence-electron chi connectivity index (χ2n) is 2.63. The number of anilines is 1. The minimum Gasteiger partial charge on any atom is -0.398 e. The quantitative estimate of drug-likeness (QED) is 0.611. The molecule has 0 fully saturated rings. The molecule has 0 spiro atoms. The van der Waals surface area contributed by atoms with E-state index in [0.29, 0.717) is 10.9 Å². The van der Waals surface area contributed by atoms with Gasteiger partial charge in [0.15, 0.2) is 0 Å². The van der Waals surface area contributed by atoms with Gasteiger partial charge in [0.2, 0.25) is 0 Å². The van der Waals surface area contributed by atoms with Crippen molar-refractivity contribution in [3.8, 4) is 0 Å². The van der Waals surface area contributed by atoms with Gasteiger partial charge in [-0.1, -0.05) is 22.0 Å². The third-order valence-corrected chi connectivity index (χ3v) is 3.19. The van der Waals surface area contributed by atoms with E-state index >= 15 is 0 Å². The molecule has 0 bridgehead atoms. The molecule has 0 saturated carbocycles. The van der Waals surface area contributed by atoms with Gasteiger partial charge in [-0.15, -0.1) is 0 Å². The van der Waals surface area contributed by atoms with Crippen molar-refractivity contribution < 1.29 is 13.2 Å². The number of hydrogen-bond acceptors (Lipinski definition) is 1. The van der Waals surface area contributed by atoms with Crippen LogP contribution < -0.4 is 5.73 Å². The first-order chi connectivity index (χ1) is 6.38. The molecule has 0 aliphatic carbocycles. The summed E-state index contributed by atoms with van der Waals surface area (Å²) in [5.41, 5.74) is 4.71. The van der Waals surface area contributed by atoms with Crippen LogP contribution >= 0.6 is 31.9 Å². The van der Waals surface area contributed by atoms with Crippen molar-refractivity contribution in [1.82, 2.24) is 0 Å². The Kier molecular flexibility index (Phi) is 3.47. The van der Waals surface area contributed by atoms with Crippen molar-refractivity contribution in [2.75, 3.05) is 5.73 Å². The summed E-state index contributed by atoms with van der Waals surface area (Å²) in [5, 5.41) is 0.344. The molecule has 1 rings (SSSR count). The maximum absolute atomic E-state index is 12.5. The van der Waals surface area contributed by atoms with Crippen LogP contribution in [-0.4, -0.2) is 0 Å². The molecule has 0 aliphatic heterocycles. The number of benzene rings is 1. The highest BCUT2D eigenvalue weighted by Crippen LogP contribution is 2.40. The summed E-state index contributed by atoms with van der Waals surface area (Å²) >= 11 is 5.99. The van der Waals surface area contributed by atoms with Crippen LogP contribution in [0.1, 0.15) is 11.1 Å². The van der Waals surface area contributed by atoms with E-state index < -0.39 is 11.7 Å². The van der Waals surface area contributed by atoms with Gasteiger partial charge in [-0.05, 0) is 27.6 Å². The molecule has 0 aromatic heterocycles. The summed E-state index contributed by atoms with van der Waals surface area (Å²) in [6, 6.07) is 2.80. The third kappa shape index (κ3) is 2.23. The maximum Gasteiger partial charge on any atom is 0.419 e. The summed E-state index contributed by atoms with van der Waals surface area (Å²) in [6.07, 6.45) is -4.43. The van der Waals surface area contributed by atoms with E-state index in [0.717, 1.165) is 0 Å². The molecule has 1 aromatic carbocycles. The zero-order chi connectivity index (χ0) is 10.9. The highest BCUT2D eigenvalue weighted by Gasteiger charge is 2.36. The first kappa shape index (κ1) is 11.8. The van der Waals surface area contributed by atoms with Gasteiger partial charge in [-0.3, -0.25) is 0 Å². The molecule has 14 heavy (non-hydrogen) atoms. The van der Waals surface area contributed by atoms with Gasteiger partial charge in [-0.25, -0.2) is 0 Å². The third-order valence-electron chi connectivity index (χ3n) is 1.68. The normalized spacial score (nSPS) is 11.8. The van der Waals surface area contributed by atoms with E-state index in [1.807, 2.05) is 0 Å². The second kappa shape index (κ2) is 4.10. The van der Waals surface area contributed by atoms with E-state index in [1.54, 1.807) is 6.07 Å². The Morgan fingerprint density at radius 1 is 1.29 bits per heavy atom. The first-order valence-corrected chi connectivity index (χ1v) is 5.49. The molecule has 0 unspecified atom stereocenters. The van der Waals surface area contributed by atoms with Gasteiger partial charge in [-0.2, -0.15) is 13.2 Å². The van der Waals surface area contributed by atoms with Crippen molar-refractivity contribution in [2.45, 2.75) is 11.5 Å². The van der Waals surface area contributed by atoms with Crippen molar-refractivity contribution in [1.29, 1.82) is 0 Å². The molecule has 0 amide bonds. The maximum atomic E-state index is 12.5. The molecular formula is C8H6Br2F3N. The lowest BCUT2D eigenvalue weighted by Gasteiger charge is -2.14. The van der Waals surface area contributed by atoms with E-state index in [2.05, 4.69) is 31.9 Å². The SMILES string of the molecule is Nc1ccc(CBr)c(Br)c1C(F)(F)F. The number of hydrogen-bond donors (Lipinski definition) is 1. The summed E-state index contributed by atoms with van der Waals surface area (Å²) in [7, 11) is 0. The molecule has 1 nitrogen and oxygen atoms in total. The van der Waals surface area contributed by atoms with Gasteiger partial charge < -0.3 is 5.73 Å². The van der Waals surface area contributed by atoms with Gasteiger partial charge in [0, 0.05) is 15.5 Å². The van der Waals surface area contributed by atoms with Crippen LogP contribution in [0.5, 0.6) is 0 Å². The van der Waals surface area contributed by atoms with Crippen molar-refractivity contribution >= 4 is 37.5 Å². The van der Waals surface area contributed by atoms with Gasteiger partial charge in [0.25, 0.3) is 0 Å². The van der Waals surface area contributed by atoms with Crippen LogP contribution in [0.3, 0.4) is 0 Å². The van der Waals surface area contributed by atoms with Gasteiger partial charge in [0.1, 0.15) is 0 Å². The largest absolute Gasteiger partial charge is 0.419 e. The molecule has 2 N–H and O–H groups in total. The Hall–Kier alpha value is -0.230. The first-order valence-electron chi connectivity index (χ1n) is 3.58. The summed E-state index contributed by atoms with van der Waals surface area (Å²) < 4.78 is 37.5. The van der Waals surface area contributed by atoms with E-state index in [-0.39, 0.29) is 10.2 Å². The lowest BCUT2D eigenvalue weighted by Crippen LogP contribution is -2.11. The topological polar surface area (TPSA) is 26.0 Å². The molecule has 1 aromatic rings. The minimum atomic E-state index is -4.43. The fourth-order valence-corrected chi connectivity index (χ4v) is 2.60. The molecule has 0 radical (unpaired) electrons. The minimum absolute atomic E-state index is 0.00174. The summed E-state index contributed by atoms with van der Waals surface area (Å²) in [5.74, 6) is 0. The Morgan fingerprint density at radius 3 is 2.29 bits per heavy atom. The second-order valence-corrected chi connectivity index (χ2v) is 3.99. The van der Waals surface area contributed by atoms with E-state index in [9.17, 15) is 13.2 Å². The number of alkyl halides is 4. The van der Waals surface area contributed by atoms with Crippen molar-refractivity contribution in [2.24, 2.45) is 0 Å². The standard InChI is InChI=1S/C8H6Br2F3N/c9-3-4-1-2-5(14)6(7(4)10)8(11,12)13/h1-2H,3,14H2. The molecule has 0 saturated heterocycles. The van der Waals surface area contributed by atoms with Crippen LogP contribution in [-0.2, 0) is 11.5 Å². The molecule has 0 heterocycles. The Bertz CT molecular complexity index is 349. The lowest BCUT2D eigenvalue weighted by molar-refractivity contribution is -0.137. The molecule has 0 atom stereocenters. The number of rotatable bonds is 1. The van der Waals surface area contributed by atoms with Gasteiger partial charge in [0.05, 0.1) is 5.56 Å². The fourth-order valence-electron chi connectivity index (χ4n) is 1.03. The molecule has 6 heteroatoms. The van der Waals surface area contributed by atoms with Crippen LogP contribution in [0.2, 0.25) is 0 Å². The predicted molar refractivity (Wildman–Crippen MR) is 56.2 cm³/mol. The van der Waals surface area contributed by atoms with E-state index in [1.165, 1.54) is 6.07 Å². The molecule has 78 valence electrons. The van der Waals surface area contributed by atoms with Crippen LogP contribution in [0, 0.1) is 0 Å². The highest BCUT2D eigenvalue weighted by atomic mass is 79.9. The highest BCUT2D eigenvalue weighted by molar-refractivity contribution is 9.10. The Balaban J connectivity index is 3.40.